The smallest absolute Gasteiger partial charge is 0.394 e. The zero-order chi connectivity index (χ0) is 20.9. The predicted octanol–water partition coefficient (Wildman–Crippen LogP) is -1.92. The molecular weight excluding hydrogens is 401 g/mol. The maximum absolute atomic E-state index is 12.1. The van der Waals surface area contributed by atoms with Crippen LogP contribution in [0.5, 0.6) is 0 Å². The van der Waals surface area contributed by atoms with E-state index in [9.17, 15) is 28.9 Å². The van der Waals surface area contributed by atoms with Crippen molar-refractivity contribution >= 4 is 13.7 Å². The van der Waals surface area contributed by atoms with Crippen molar-refractivity contribution in [1.82, 2.24) is 14.9 Å². The molecule has 2 rings (SSSR count). The second kappa shape index (κ2) is 9.56. The highest BCUT2D eigenvalue weighted by Gasteiger charge is 2.50. The first-order valence-electron chi connectivity index (χ1n) is 8.19. The largest absolute Gasteiger partial charge is 0.472 e. The Labute approximate surface area is 158 Å². The van der Waals surface area contributed by atoms with E-state index < -0.39 is 50.2 Å². The van der Waals surface area contributed by atoms with Gasteiger partial charge in [0.1, 0.15) is 18.3 Å². The Bertz CT molecular complexity index is 839. The molecule has 1 aliphatic rings. The molecule has 1 aliphatic heterocycles. The van der Waals surface area contributed by atoms with Gasteiger partial charge in [-0.2, -0.15) is 0 Å². The maximum Gasteiger partial charge on any atom is 0.472 e. The maximum atomic E-state index is 12.1. The summed E-state index contributed by atoms with van der Waals surface area (Å²) >= 11 is 0. The van der Waals surface area contributed by atoms with Gasteiger partial charge < -0.3 is 24.8 Å². The van der Waals surface area contributed by atoms with Crippen LogP contribution in [0.4, 0.5) is 0 Å². The quantitative estimate of drug-likeness (QED) is 0.327. The summed E-state index contributed by atoms with van der Waals surface area (Å²) in [7, 11) is -2.10. The fourth-order valence-corrected chi connectivity index (χ4v) is 3.27. The number of nitrogens with one attached hydrogen (secondary N) is 2. The Balaban J connectivity index is 2.35. The lowest BCUT2D eigenvalue weighted by molar-refractivity contribution is -0.124. The summed E-state index contributed by atoms with van der Waals surface area (Å²) in [5.41, 5.74) is -1.46. The molecule has 1 amide bonds. The van der Waals surface area contributed by atoms with E-state index in [0.29, 0.717) is 0 Å². The Morgan fingerprint density at radius 1 is 1.43 bits per heavy atom. The third-order valence-corrected chi connectivity index (χ3v) is 4.97. The normalized spacial score (nSPS) is 26.7. The topological polar surface area (TPSA) is 178 Å². The summed E-state index contributed by atoms with van der Waals surface area (Å²) in [5, 5.41) is 12.0. The minimum atomic E-state index is -4.50. The van der Waals surface area contributed by atoms with Gasteiger partial charge in [0.05, 0.1) is 13.2 Å². The van der Waals surface area contributed by atoms with Crippen molar-refractivity contribution in [3.05, 3.63) is 33.1 Å². The molecule has 5 atom stereocenters. The molecule has 14 heteroatoms. The number of aliphatic hydroxyl groups excluding tert-OH is 1. The minimum Gasteiger partial charge on any atom is -0.394 e. The molecular formula is C14H22N3O10P. The number of ether oxygens (including phenoxy) is 2. The first-order valence-corrected chi connectivity index (χ1v) is 9.69. The Morgan fingerprint density at radius 3 is 2.71 bits per heavy atom. The molecule has 0 saturated carbocycles. The number of carbonyl (C=O) groups is 1. The summed E-state index contributed by atoms with van der Waals surface area (Å²) in [4.78, 5) is 46.5. The highest BCUT2D eigenvalue weighted by atomic mass is 31.2. The molecule has 0 aromatic carbocycles. The number of carbonyl (C=O) groups excluding carboxylic acids is 1. The third-order valence-electron chi connectivity index (χ3n) is 3.99. The van der Waals surface area contributed by atoms with Crippen LogP contribution < -0.4 is 16.6 Å². The molecule has 1 aromatic heterocycles. The van der Waals surface area contributed by atoms with E-state index in [0.717, 1.165) is 23.9 Å². The standard InChI is InChI=1S/C14H22N3O10P/c1-15-9(19)4-6-25-12-11(27-28(22,23)24-2)8(7-18)26-13(12)17-5-3-10(20)16-14(17)21/h3,5,8,11-13,18H,4,6-7H2,1-2H3,(H,15,19)(H,22,23)(H,16,20,21)/t8-,11?,12?,13-/m1/s1. The number of hydrogen-bond acceptors (Lipinski definition) is 9. The van der Waals surface area contributed by atoms with Gasteiger partial charge in [-0.15, -0.1) is 0 Å². The van der Waals surface area contributed by atoms with E-state index in [1.165, 1.54) is 7.05 Å². The van der Waals surface area contributed by atoms with Gasteiger partial charge in [0, 0.05) is 32.8 Å². The van der Waals surface area contributed by atoms with Gasteiger partial charge in [-0.1, -0.05) is 0 Å². The fourth-order valence-electron chi connectivity index (χ4n) is 2.62. The van der Waals surface area contributed by atoms with Crippen LogP contribution in [0, 0.1) is 0 Å². The number of phosphoric ester groups is 1. The van der Waals surface area contributed by atoms with Crippen molar-refractivity contribution in [2.75, 3.05) is 27.4 Å². The van der Waals surface area contributed by atoms with Gasteiger partial charge in [0.2, 0.25) is 5.91 Å². The number of amides is 1. The Morgan fingerprint density at radius 2 is 2.14 bits per heavy atom. The molecule has 0 radical (unpaired) electrons. The summed E-state index contributed by atoms with van der Waals surface area (Å²) in [5.74, 6) is -0.322. The average Bonchev–Trinajstić information content (AvgIpc) is 2.98. The van der Waals surface area contributed by atoms with Gasteiger partial charge in [-0.3, -0.25) is 28.2 Å². The number of aromatic amines is 1. The molecule has 158 valence electrons. The average molecular weight is 423 g/mol. The van der Waals surface area contributed by atoms with Crippen molar-refractivity contribution in [3.8, 4) is 0 Å². The Hall–Kier alpha value is -1.86. The molecule has 3 unspecified atom stereocenters. The summed E-state index contributed by atoms with van der Waals surface area (Å²) in [6, 6.07) is 1.07. The van der Waals surface area contributed by atoms with Gasteiger partial charge in [-0.25, -0.2) is 9.36 Å². The number of phosphoric acid groups is 1. The van der Waals surface area contributed by atoms with Gasteiger partial charge >= 0.3 is 13.5 Å². The van der Waals surface area contributed by atoms with Crippen LogP contribution in [0.2, 0.25) is 0 Å². The molecule has 13 nitrogen and oxygen atoms in total. The fraction of sp³-hybridized carbons (Fsp3) is 0.643. The number of H-pyrrole nitrogens is 1. The molecule has 1 fully saturated rings. The van der Waals surface area contributed by atoms with Crippen molar-refractivity contribution in [2.24, 2.45) is 0 Å². The second-order valence-electron chi connectivity index (χ2n) is 5.74. The van der Waals surface area contributed by atoms with Crippen LogP contribution in [0.3, 0.4) is 0 Å². The van der Waals surface area contributed by atoms with Crippen LogP contribution >= 0.6 is 7.82 Å². The molecule has 1 saturated heterocycles. The van der Waals surface area contributed by atoms with Gasteiger partial charge in [0.15, 0.2) is 6.23 Å². The van der Waals surface area contributed by atoms with Crippen LogP contribution in [0.1, 0.15) is 12.6 Å². The van der Waals surface area contributed by atoms with Crippen LogP contribution in [-0.2, 0) is 27.9 Å². The lowest BCUT2D eigenvalue weighted by atomic mass is 10.1. The van der Waals surface area contributed by atoms with Crippen molar-refractivity contribution in [2.45, 2.75) is 31.0 Å². The zero-order valence-corrected chi connectivity index (χ0v) is 16.0. The van der Waals surface area contributed by atoms with E-state index in [-0.39, 0.29) is 18.9 Å². The first kappa shape index (κ1) is 22.4. The van der Waals surface area contributed by atoms with Crippen molar-refractivity contribution in [1.29, 1.82) is 0 Å². The zero-order valence-electron chi connectivity index (χ0n) is 15.1. The molecule has 0 bridgehead atoms. The highest BCUT2D eigenvalue weighted by molar-refractivity contribution is 7.47. The van der Waals surface area contributed by atoms with E-state index in [1.54, 1.807) is 0 Å². The monoisotopic (exact) mass is 423 g/mol. The van der Waals surface area contributed by atoms with E-state index in [4.69, 9.17) is 14.0 Å². The number of aliphatic hydroxyl groups is 1. The summed E-state index contributed by atoms with van der Waals surface area (Å²) < 4.78 is 33.5. The third kappa shape index (κ3) is 5.35. The predicted molar refractivity (Wildman–Crippen MR) is 92.4 cm³/mol. The van der Waals surface area contributed by atoms with E-state index in [1.807, 2.05) is 4.98 Å². The number of hydrogen-bond donors (Lipinski definition) is 4. The van der Waals surface area contributed by atoms with Crippen molar-refractivity contribution < 1.29 is 37.9 Å². The van der Waals surface area contributed by atoms with E-state index in [2.05, 4.69) is 9.84 Å². The molecule has 0 aliphatic carbocycles. The van der Waals surface area contributed by atoms with Gasteiger partial charge in [0.25, 0.3) is 5.56 Å². The number of aromatic nitrogens is 2. The number of nitrogens with zero attached hydrogens (tertiary/aromatic N) is 1. The molecule has 28 heavy (non-hydrogen) atoms. The summed E-state index contributed by atoms with van der Waals surface area (Å²) in [6.45, 7) is -0.763. The molecule has 1 aromatic rings. The van der Waals surface area contributed by atoms with Crippen LogP contribution in [0.25, 0.3) is 0 Å². The first-order chi connectivity index (χ1) is 13.2. The lowest BCUT2D eigenvalue weighted by Gasteiger charge is -2.25. The Kier molecular flexibility index (Phi) is 7.66. The molecule has 4 N–H and O–H groups in total. The second-order valence-corrected chi connectivity index (χ2v) is 7.26. The minimum absolute atomic E-state index is 0.0438. The molecule has 2 heterocycles. The number of rotatable bonds is 9. The van der Waals surface area contributed by atoms with E-state index >= 15 is 0 Å². The van der Waals surface area contributed by atoms with Crippen molar-refractivity contribution in [3.63, 3.8) is 0 Å². The lowest BCUT2D eigenvalue weighted by Crippen LogP contribution is -2.40. The van der Waals surface area contributed by atoms with Crippen LogP contribution in [0.15, 0.2) is 21.9 Å². The van der Waals surface area contributed by atoms with Gasteiger partial charge in [-0.05, 0) is 0 Å². The highest BCUT2D eigenvalue weighted by Crippen LogP contribution is 2.48. The molecule has 0 spiro atoms. The van der Waals surface area contributed by atoms with Crippen LogP contribution in [-0.4, -0.2) is 71.1 Å². The SMILES string of the molecule is CNC(=O)CCOC1C(OP(=O)(O)OC)[C@@H](CO)O[C@H]1n1ccc(=O)[nH]c1=O. The summed E-state index contributed by atoms with van der Waals surface area (Å²) in [6.07, 6.45) is -3.75.